The minimum absolute atomic E-state index is 0.00416. The molecule has 1 radical (unpaired) electrons. The van der Waals surface area contributed by atoms with E-state index >= 15 is 0 Å². The fraction of sp³-hybridized carbons (Fsp3) is 0.333. The van der Waals surface area contributed by atoms with Gasteiger partial charge in [-0.3, -0.25) is 0 Å². The van der Waals surface area contributed by atoms with Gasteiger partial charge in [-0.2, -0.15) is 0 Å². The van der Waals surface area contributed by atoms with E-state index in [4.69, 9.17) is 4.43 Å². The molecule has 0 heterocycles. The molecule has 0 bridgehead atoms. The third kappa shape index (κ3) is 4.52. The fourth-order valence-electron chi connectivity index (χ4n) is 4.60. The molecule has 0 spiro atoms. The van der Waals surface area contributed by atoms with Gasteiger partial charge in [0, 0.05) is 5.41 Å². The van der Waals surface area contributed by atoms with Gasteiger partial charge in [-0.15, -0.1) is 0 Å². The van der Waals surface area contributed by atoms with E-state index in [1.54, 1.807) is 12.1 Å². The fourth-order valence-corrected chi connectivity index (χ4v) is 6.97. The first-order valence-corrected chi connectivity index (χ1v) is 12.3. The van der Waals surface area contributed by atoms with Crippen LogP contribution in [0.5, 0.6) is 0 Å². The van der Waals surface area contributed by atoms with Crippen LogP contribution in [-0.2, 0) is 9.84 Å². The first kappa shape index (κ1) is 21.9. The number of aliphatic hydroxyl groups is 1. The topological polar surface area (TPSA) is 29.5 Å². The van der Waals surface area contributed by atoms with Crippen LogP contribution in [0.25, 0.3) is 0 Å². The van der Waals surface area contributed by atoms with Gasteiger partial charge in [-0.1, -0.05) is 93.6 Å². The molecule has 2 nitrogen and oxygen atoms in total. The van der Waals surface area contributed by atoms with Crippen molar-refractivity contribution in [3.8, 4) is 0 Å². The number of rotatable bonds is 7. The van der Waals surface area contributed by atoms with Crippen molar-refractivity contribution in [3.05, 3.63) is 96.3 Å². The number of halogens is 1. The average molecular weight is 434 g/mol. The van der Waals surface area contributed by atoms with Crippen molar-refractivity contribution in [3.63, 3.8) is 0 Å². The molecule has 0 aliphatic heterocycles. The van der Waals surface area contributed by atoms with E-state index in [0.29, 0.717) is 0 Å². The first-order valence-electron chi connectivity index (χ1n) is 10.9. The molecular weight excluding hydrogens is 403 g/mol. The van der Waals surface area contributed by atoms with Gasteiger partial charge in [0.15, 0.2) is 0 Å². The maximum atomic E-state index is 14.0. The number of hydrogen-bond donors (Lipinski definition) is 1. The van der Waals surface area contributed by atoms with E-state index in [-0.39, 0.29) is 29.9 Å². The van der Waals surface area contributed by atoms with Crippen LogP contribution in [-0.4, -0.2) is 26.9 Å². The second kappa shape index (κ2) is 8.70. The van der Waals surface area contributed by atoms with E-state index in [9.17, 15) is 9.50 Å². The lowest BCUT2D eigenvalue weighted by atomic mass is 9.82. The Kier molecular flexibility index (Phi) is 6.15. The quantitative estimate of drug-likeness (QED) is 0.563. The number of aliphatic hydroxyl groups excluding tert-OH is 1. The smallest absolute Gasteiger partial charge is 0.283 e. The molecule has 0 aromatic heterocycles. The summed E-state index contributed by atoms with van der Waals surface area (Å²) in [6.45, 7) is 6.58. The third-order valence-corrected chi connectivity index (χ3v) is 8.56. The van der Waals surface area contributed by atoms with Crippen molar-refractivity contribution < 1.29 is 13.9 Å². The Bertz CT molecular complexity index is 963. The van der Waals surface area contributed by atoms with Crippen LogP contribution in [0.15, 0.2) is 84.9 Å². The normalized spacial score (nSPS) is 21.8. The van der Waals surface area contributed by atoms with E-state index in [1.165, 1.54) is 16.4 Å². The first-order chi connectivity index (χ1) is 14.8. The Hall–Kier alpha value is -2.27. The summed E-state index contributed by atoms with van der Waals surface area (Å²) < 4.78 is 21.0. The summed E-state index contributed by atoms with van der Waals surface area (Å²) in [7, 11) is -1.49. The van der Waals surface area contributed by atoms with Gasteiger partial charge in [-0.25, -0.2) is 4.39 Å². The van der Waals surface area contributed by atoms with Crippen molar-refractivity contribution in [2.24, 2.45) is 11.3 Å². The molecule has 0 saturated heterocycles. The van der Waals surface area contributed by atoms with E-state index in [1.807, 2.05) is 18.2 Å². The molecule has 31 heavy (non-hydrogen) atoms. The molecule has 4 heteroatoms. The maximum Gasteiger partial charge on any atom is 0.283 e. The third-order valence-electron chi connectivity index (χ3n) is 6.35. The van der Waals surface area contributed by atoms with Gasteiger partial charge in [-0.05, 0) is 45.8 Å². The summed E-state index contributed by atoms with van der Waals surface area (Å²) in [4.78, 5) is 0. The largest absolute Gasteiger partial charge is 0.403 e. The standard InChI is InChI=1S/C27H30FO2Si/c1-26(2,3)25(24-18-27(24,19-29)20-11-10-12-21(28)17-20)30-31(22-13-6-4-7-14-22)23-15-8-5-9-16-23/h4-17,24-25,29H,18-19H2,1-3H3/t24-,25?,27+/m0/s1. The van der Waals surface area contributed by atoms with Crippen LogP contribution in [0.4, 0.5) is 4.39 Å². The Balaban J connectivity index is 1.70. The zero-order valence-electron chi connectivity index (χ0n) is 18.4. The van der Waals surface area contributed by atoms with E-state index < -0.39 is 14.5 Å². The van der Waals surface area contributed by atoms with Crippen LogP contribution in [0.3, 0.4) is 0 Å². The van der Waals surface area contributed by atoms with Gasteiger partial charge >= 0.3 is 0 Å². The van der Waals surface area contributed by atoms with Gasteiger partial charge < -0.3 is 9.53 Å². The molecule has 161 valence electrons. The van der Waals surface area contributed by atoms with Crippen molar-refractivity contribution in [1.82, 2.24) is 0 Å². The highest BCUT2D eigenvalue weighted by Crippen LogP contribution is 2.59. The second-order valence-electron chi connectivity index (χ2n) is 9.60. The maximum absolute atomic E-state index is 14.0. The van der Waals surface area contributed by atoms with Crippen molar-refractivity contribution in [2.75, 3.05) is 6.61 Å². The highest BCUT2D eigenvalue weighted by Gasteiger charge is 2.61. The Morgan fingerprint density at radius 1 is 0.968 bits per heavy atom. The summed E-state index contributed by atoms with van der Waals surface area (Å²) in [6.07, 6.45) is 0.727. The Morgan fingerprint density at radius 3 is 2.03 bits per heavy atom. The molecule has 4 rings (SSSR count). The molecule has 1 fully saturated rings. The van der Waals surface area contributed by atoms with Gasteiger partial charge in [0.2, 0.25) is 0 Å². The summed E-state index contributed by atoms with van der Waals surface area (Å²) in [5.41, 5.74) is 0.292. The molecule has 1 aliphatic rings. The van der Waals surface area contributed by atoms with Crippen LogP contribution in [0, 0.1) is 17.2 Å². The van der Waals surface area contributed by atoms with Crippen LogP contribution in [0.1, 0.15) is 32.8 Å². The second-order valence-corrected chi connectivity index (χ2v) is 11.6. The predicted molar refractivity (Wildman–Crippen MR) is 126 cm³/mol. The molecule has 1 unspecified atom stereocenters. The predicted octanol–water partition coefficient (Wildman–Crippen LogP) is 4.31. The van der Waals surface area contributed by atoms with Crippen molar-refractivity contribution >= 4 is 19.4 Å². The Labute approximate surface area is 186 Å². The van der Waals surface area contributed by atoms with Gasteiger partial charge in [0.1, 0.15) is 5.82 Å². The van der Waals surface area contributed by atoms with Gasteiger partial charge in [0.05, 0.1) is 12.7 Å². The molecule has 1 saturated carbocycles. The Morgan fingerprint density at radius 2 is 1.55 bits per heavy atom. The molecular formula is C27H30FO2Si. The molecule has 1 N–H and O–H groups in total. The van der Waals surface area contributed by atoms with Crippen LogP contribution in [0.2, 0.25) is 0 Å². The van der Waals surface area contributed by atoms with Crippen LogP contribution >= 0.6 is 0 Å². The summed E-state index contributed by atoms with van der Waals surface area (Å²) in [6, 6.07) is 27.5. The lowest BCUT2D eigenvalue weighted by molar-refractivity contribution is 0.0564. The van der Waals surface area contributed by atoms with Crippen molar-refractivity contribution in [2.45, 2.75) is 38.7 Å². The molecule has 3 atom stereocenters. The number of hydrogen-bond acceptors (Lipinski definition) is 2. The molecule has 0 amide bonds. The average Bonchev–Trinajstić information content (AvgIpc) is 3.50. The lowest BCUT2D eigenvalue weighted by Gasteiger charge is -2.36. The van der Waals surface area contributed by atoms with Gasteiger partial charge in [0.25, 0.3) is 9.04 Å². The van der Waals surface area contributed by atoms with E-state index in [0.717, 1.165) is 12.0 Å². The molecule has 3 aromatic rings. The van der Waals surface area contributed by atoms with Crippen molar-refractivity contribution in [1.29, 1.82) is 0 Å². The zero-order valence-corrected chi connectivity index (χ0v) is 19.4. The summed E-state index contributed by atoms with van der Waals surface area (Å²) >= 11 is 0. The highest BCUT2D eigenvalue weighted by molar-refractivity contribution is 6.80. The SMILES string of the molecule is CC(C)(C)C(O[Si](c1ccccc1)c1ccccc1)[C@@H]1C[C@@]1(CO)c1cccc(F)c1. The molecule has 3 aromatic carbocycles. The highest BCUT2D eigenvalue weighted by atomic mass is 28.3. The van der Waals surface area contributed by atoms with Crippen LogP contribution < -0.4 is 10.4 Å². The minimum atomic E-state index is -1.49. The summed E-state index contributed by atoms with van der Waals surface area (Å²) in [5, 5.41) is 12.8. The summed E-state index contributed by atoms with van der Waals surface area (Å²) in [5.74, 6) is -0.130. The molecule has 1 aliphatic carbocycles. The minimum Gasteiger partial charge on any atom is -0.403 e. The van der Waals surface area contributed by atoms with E-state index in [2.05, 4.69) is 69.3 Å². The lowest BCUT2D eigenvalue weighted by Crippen LogP contribution is -2.51. The number of benzene rings is 3. The monoisotopic (exact) mass is 433 g/mol. The zero-order chi connectivity index (χ0) is 22.1.